The summed E-state index contributed by atoms with van der Waals surface area (Å²) in [5.41, 5.74) is 0.192. The molecule has 0 aliphatic heterocycles. The van der Waals surface area contributed by atoms with Crippen molar-refractivity contribution in [3.8, 4) is 0 Å². The predicted molar refractivity (Wildman–Crippen MR) is 47.2 cm³/mol. The van der Waals surface area contributed by atoms with E-state index in [1.54, 1.807) is 6.07 Å². The summed E-state index contributed by atoms with van der Waals surface area (Å²) in [4.78, 5) is 14.3. The molecular formula is C7H4BrClO3. The first kappa shape index (κ1) is 9.51. The second kappa shape index (κ2) is 3.89. The summed E-state index contributed by atoms with van der Waals surface area (Å²) in [5, 5.41) is 8.46. The Morgan fingerprint density at radius 3 is 2.67 bits per heavy atom. The standard InChI is InChI=1S/C7H4BrClO3/c8-5-1-4(7(10)12-11)2-6(9)3-5/h1-3,11H. The Hall–Kier alpha value is -0.580. The van der Waals surface area contributed by atoms with Crippen LogP contribution < -0.4 is 0 Å². The smallest absolute Gasteiger partial charge is 0.296 e. The molecule has 3 nitrogen and oxygen atoms in total. The Balaban J connectivity index is 3.08. The molecule has 0 radical (unpaired) electrons. The Morgan fingerprint density at radius 2 is 2.17 bits per heavy atom. The number of rotatable bonds is 1. The van der Waals surface area contributed by atoms with Crippen molar-refractivity contribution in [3.05, 3.63) is 33.3 Å². The number of benzene rings is 1. The molecule has 12 heavy (non-hydrogen) atoms. The van der Waals surface area contributed by atoms with Gasteiger partial charge in [0.2, 0.25) is 0 Å². The quantitative estimate of drug-likeness (QED) is 0.616. The number of hydrogen-bond donors (Lipinski definition) is 1. The molecule has 0 aliphatic rings. The van der Waals surface area contributed by atoms with Gasteiger partial charge in [-0.3, -0.25) is 4.89 Å². The molecule has 0 fully saturated rings. The van der Waals surface area contributed by atoms with Crippen molar-refractivity contribution in [3.63, 3.8) is 0 Å². The van der Waals surface area contributed by atoms with Crippen molar-refractivity contribution in [2.75, 3.05) is 0 Å². The van der Waals surface area contributed by atoms with Crippen LogP contribution in [0.3, 0.4) is 0 Å². The maximum atomic E-state index is 10.8. The number of hydrogen-bond acceptors (Lipinski definition) is 3. The van der Waals surface area contributed by atoms with E-state index in [4.69, 9.17) is 16.9 Å². The third-order valence-corrected chi connectivity index (χ3v) is 1.86. The van der Waals surface area contributed by atoms with E-state index in [9.17, 15) is 4.79 Å². The average Bonchev–Trinajstić information content (AvgIpc) is 2.01. The lowest BCUT2D eigenvalue weighted by molar-refractivity contribution is -0.182. The van der Waals surface area contributed by atoms with E-state index in [0.29, 0.717) is 9.50 Å². The minimum absolute atomic E-state index is 0.192. The molecule has 0 bridgehead atoms. The molecule has 1 aromatic rings. The van der Waals surface area contributed by atoms with Crippen LogP contribution in [0.15, 0.2) is 22.7 Å². The number of carbonyl (C=O) groups is 1. The Bertz CT molecular complexity index is 293. The molecule has 5 heteroatoms. The monoisotopic (exact) mass is 250 g/mol. The molecule has 0 heterocycles. The SMILES string of the molecule is O=C(OO)c1cc(Cl)cc(Br)c1. The van der Waals surface area contributed by atoms with E-state index in [2.05, 4.69) is 20.8 Å². The Labute approximate surface area is 82.0 Å². The van der Waals surface area contributed by atoms with E-state index < -0.39 is 5.97 Å². The molecule has 1 N–H and O–H groups in total. The largest absolute Gasteiger partial charge is 0.372 e. The van der Waals surface area contributed by atoms with Crippen molar-refractivity contribution in [1.82, 2.24) is 0 Å². The van der Waals surface area contributed by atoms with Crippen molar-refractivity contribution < 1.29 is 14.9 Å². The molecule has 0 unspecified atom stereocenters. The van der Waals surface area contributed by atoms with E-state index >= 15 is 0 Å². The van der Waals surface area contributed by atoms with Gasteiger partial charge < -0.3 is 0 Å². The summed E-state index contributed by atoms with van der Waals surface area (Å²) < 4.78 is 0.649. The van der Waals surface area contributed by atoms with Crippen LogP contribution in [0, 0.1) is 0 Å². The van der Waals surface area contributed by atoms with Crippen LogP contribution in [-0.4, -0.2) is 11.2 Å². The van der Waals surface area contributed by atoms with E-state index in [-0.39, 0.29) is 5.56 Å². The average molecular weight is 251 g/mol. The normalized spacial score (nSPS) is 9.58. The molecule has 0 saturated heterocycles. The fourth-order valence-electron chi connectivity index (χ4n) is 0.724. The van der Waals surface area contributed by atoms with Crippen LogP contribution in [0.1, 0.15) is 10.4 Å². The highest BCUT2D eigenvalue weighted by molar-refractivity contribution is 9.10. The first-order valence-corrected chi connectivity index (χ1v) is 4.12. The van der Waals surface area contributed by atoms with Crippen molar-refractivity contribution in [2.45, 2.75) is 0 Å². The van der Waals surface area contributed by atoms with Gasteiger partial charge in [0.05, 0.1) is 5.56 Å². The van der Waals surface area contributed by atoms with Crippen LogP contribution >= 0.6 is 27.5 Å². The molecule has 0 aliphatic carbocycles. The van der Waals surface area contributed by atoms with Gasteiger partial charge in [-0.25, -0.2) is 4.79 Å². The second-order valence-corrected chi connectivity index (χ2v) is 3.39. The van der Waals surface area contributed by atoms with Crippen molar-refractivity contribution in [1.29, 1.82) is 0 Å². The van der Waals surface area contributed by atoms with Crippen molar-refractivity contribution >= 4 is 33.5 Å². The number of halogens is 2. The summed E-state index contributed by atoms with van der Waals surface area (Å²) in [5.74, 6) is -0.835. The molecule has 64 valence electrons. The zero-order chi connectivity index (χ0) is 9.14. The summed E-state index contributed by atoms with van der Waals surface area (Å²) in [7, 11) is 0. The van der Waals surface area contributed by atoms with Gasteiger partial charge >= 0.3 is 5.97 Å². The molecule has 0 aromatic heterocycles. The second-order valence-electron chi connectivity index (χ2n) is 2.04. The minimum atomic E-state index is -0.835. The highest BCUT2D eigenvalue weighted by Crippen LogP contribution is 2.19. The molecule has 1 rings (SSSR count). The molecule has 0 saturated carbocycles. The summed E-state index contributed by atoms with van der Waals surface area (Å²) >= 11 is 8.77. The topological polar surface area (TPSA) is 46.5 Å². The van der Waals surface area contributed by atoms with Gasteiger partial charge in [0.1, 0.15) is 0 Å². The maximum absolute atomic E-state index is 10.8. The fourth-order valence-corrected chi connectivity index (χ4v) is 1.58. The highest BCUT2D eigenvalue weighted by Gasteiger charge is 2.08. The van der Waals surface area contributed by atoms with Gasteiger partial charge in [0.15, 0.2) is 0 Å². The van der Waals surface area contributed by atoms with E-state index in [1.165, 1.54) is 12.1 Å². The van der Waals surface area contributed by atoms with Crippen LogP contribution in [0.4, 0.5) is 0 Å². The molecule has 0 amide bonds. The third kappa shape index (κ3) is 2.20. The van der Waals surface area contributed by atoms with Gasteiger partial charge in [-0.15, -0.1) is 0 Å². The van der Waals surface area contributed by atoms with Crippen LogP contribution in [0.5, 0.6) is 0 Å². The van der Waals surface area contributed by atoms with Crippen LogP contribution in [0.25, 0.3) is 0 Å². The lowest BCUT2D eigenvalue weighted by Crippen LogP contribution is -2.01. The molecule has 0 atom stereocenters. The van der Waals surface area contributed by atoms with Crippen molar-refractivity contribution in [2.24, 2.45) is 0 Å². The lowest BCUT2D eigenvalue weighted by Gasteiger charge is -1.98. The van der Waals surface area contributed by atoms with Gasteiger partial charge in [-0.05, 0) is 18.2 Å². The summed E-state index contributed by atoms with van der Waals surface area (Å²) in [6, 6.07) is 4.50. The minimum Gasteiger partial charge on any atom is -0.296 e. The third-order valence-electron chi connectivity index (χ3n) is 1.18. The van der Waals surface area contributed by atoms with Gasteiger partial charge in [0, 0.05) is 9.50 Å². The van der Waals surface area contributed by atoms with Gasteiger partial charge in [0.25, 0.3) is 0 Å². The van der Waals surface area contributed by atoms with E-state index in [1.807, 2.05) is 0 Å². The zero-order valence-electron chi connectivity index (χ0n) is 5.75. The lowest BCUT2D eigenvalue weighted by atomic mass is 10.2. The molecule has 0 spiro atoms. The zero-order valence-corrected chi connectivity index (χ0v) is 8.09. The first-order chi connectivity index (χ1) is 5.63. The number of carbonyl (C=O) groups excluding carboxylic acids is 1. The predicted octanol–water partition coefficient (Wildman–Crippen LogP) is 2.73. The van der Waals surface area contributed by atoms with Crippen LogP contribution in [0.2, 0.25) is 5.02 Å². The van der Waals surface area contributed by atoms with Gasteiger partial charge in [-0.2, -0.15) is 5.26 Å². The maximum Gasteiger partial charge on any atom is 0.372 e. The summed E-state index contributed by atoms with van der Waals surface area (Å²) in [6.45, 7) is 0. The summed E-state index contributed by atoms with van der Waals surface area (Å²) in [6.07, 6.45) is 0. The Morgan fingerprint density at radius 1 is 1.50 bits per heavy atom. The van der Waals surface area contributed by atoms with Crippen LogP contribution in [-0.2, 0) is 4.89 Å². The van der Waals surface area contributed by atoms with E-state index in [0.717, 1.165) is 0 Å². The fraction of sp³-hybridized carbons (Fsp3) is 0. The molecular weight excluding hydrogens is 247 g/mol. The Kier molecular flexibility index (Phi) is 3.08. The highest BCUT2D eigenvalue weighted by atomic mass is 79.9. The molecule has 1 aromatic carbocycles. The van der Waals surface area contributed by atoms with Gasteiger partial charge in [-0.1, -0.05) is 27.5 Å². The first-order valence-electron chi connectivity index (χ1n) is 2.95.